The summed E-state index contributed by atoms with van der Waals surface area (Å²) in [6, 6.07) is 9.50. The van der Waals surface area contributed by atoms with Gasteiger partial charge in [0.05, 0.1) is 33.3 Å². The van der Waals surface area contributed by atoms with Gasteiger partial charge in [0.25, 0.3) is 0 Å². The van der Waals surface area contributed by atoms with Gasteiger partial charge in [-0.05, 0) is 53.9 Å². The molecule has 1 atom stereocenters. The van der Waals surface area contributed by atoms with Gasteiger partial charge in [0.15, 0.2) is 5.78 Å². The Kier molecular flexibility index (Phi) is 5.52. The lowest BCUT2D eigenvalue weighted by Gasteiger charge is -2.39. The lowest BCUT2D eigenvalue weighted by atomic mass is 9.78. The molecule has 148 valence electrons. The van der Waals surface area contributed by atoms with Crippen molar-refractivity contribution in [2.45, 2.75) is 32.1 Å². The van der Waals surface area contributed by atoms with Crippen molar-refractivity contribution < 1.29 is 4.79 Å². The number of allylic oxidation sites excluding steroid dienone is 3. The second kappa shape index (κ2) is 7.81. The van der Waals surface area contributed by atoms with E-state index < -0.39 is 5.92 Å². The van der Waals surface area contributed by atoms with Crippen LogP contribution in [0.5, 0.6) is 0 Å². The van der Waals surface area contributed by atoms with Crippen LogP contribution in [-0.4, -0.2) is 5.78 Å². The molecule has 2 aromatic rings. The van der Waals surface area contributed by atoms with Crippen LogP contribution in [0.25, 0.3) is 0 Å². The lowest BCUT2D eigenvalue weighted by Crippen LogP contribution is -2.38. The van der Waals surface area contributed by atoms with E-state index >= 15 is 0 Å². The third-order valence-electron chi connectivity index (χ3n) is 5.25. The smallest absolute Gasteiger partial charge is 0.161 e. The molecule has 2 N–H and O–H groups in total. The summed E-state index contributed by atoms with van der Waals surface area (Å²) >= 11 is 17.8. The minimum atomic E-state index is -0.466. The standard InChI is InChI=1S/C21H16BrCl2N3OS/c1-10-12(22)8-17(29-10)18-11(9-25)21(26)27(14-5-3-7-16(28)19(14)18)15-6-2-4-13(23)20(15)24/h2,4,6,8,18H,3,5,7,26H2,1H3. The minimum absolute atomic E-state index is 0.0434. The van der Waals surface area contributed by atoms with Gasteiger partial charge in [0, 0.05) is 31.9 Å². The zero-order chi connectivity index (χ0) is 20.9. The number of hydrogen-bond acceptors (Lipinski definition) is 5. The number of anilines is 1. The first-order valence-corrected chi connectivity index (χ1v) is 11.4. The van der Waals surface area contributed by atoms with E-state index in [1.807, 2.05) is 13.0 Å². The van der Waals surface area contributed by atoms with Gasteiger partial charge in [0.1, 0.15) is 5.82 Å². The maximum atomic E-state index is 13.1. The fraction of sp³-hybridized carbons (Fsp3) is 0.238. The zero-order valence-corrected chi connectivity index (χ0v) is 19.3. The SMILES string of the molecule is Cc1sc(C2C(C#N)=C(N)N(c3cccc(Cl)c3Cl)C3=C2C(=O)CCC3)cc1Br. The Morgan fingerprint density at radius 2 is 2.10 bits per heavy atom. The van der Waals surface area contributed by atoms with Crippen LogP contribution < -0.4 is 10.6 Å². The number of hydrogen-bond donors (Lipinski definition) is 1. The lowest BCUT2D eigenvalue weighted by molar-refractivity contribution is -0.116. The van der Waals surface area contributed by atoms with Crippen LogP contribution in [0.3, 0.4) is 0 Å². The van der Waals surface area contributed by atoms with Crippen molar-refractivity contribution in [2.24, 2.45) is 5.73 Å². The zero-order valence-electron chi connectivity index (χ0n) is 15.4. The van der Waals surface area contributed by atoms with Crippen LogP contribution in [0.15, 0.2) is 51.4 Å². The summed E-state index contributed by atoms with van der Waals surface area (Å²) in [5.41, 5.74) is 8.90. The molecule has 0 amide bonds. The van der Waals surface area contributed by atoms with E-state index in [0.29, 0.717) is 39.7 Å². The van der Waals surface area contributed by atoms with Crippen molar-refractivity contribution in [2.75, 3.05) is 4.90 Å². The molecule has 1 aliphatic heterocycles. The molecule has 0 saturated carbocycles. The quantitative estimate of drug-likeness (QED) is 0.507. The van der Waals surface area contributed by atoms with Crippen LogP contribution in [0.4, 0.5) is 5.69 Å². The minimum Gasteiger partial charge on any atom is -0.384 e. The molecule has 2 heterocycles. The topological polar surface area (TPSA) is 70.1 Å². The second-order valence-corrected chi connectivity index (χ2v) is 9.87. The number of ketones is 1. The van der Waals surface area contributed by atoms with Gasteiger partial charge < -0.3 is 5.73 Å². The number of nitrogens with zero attached hydrogens (tertiary/aromatic N) is 2. The molecule has 4 rings (SSSR count). The summed E-state index contributed by atoms with van der Waals surface area (Å²) < 4.78 is 0.957. The molecular weight excluding hydrogens is 493 g/mol. The van der Waals surface area contributed by atoms with E-state index in [4.69, 9.17) is 28.9 Å². The number of carbonyl (C=O) groups is 1. The third kappa shape index (κ3) is 3.30. The summed E-state index contributed by atoms with van der Waals surface area (Å²) in [5, 5.41) is 10.7. The normalized spacial score (nSPS) is 19.5. The van der Waals surface area contributed by atoms with E-state index in [-0.39, 0.29) is 11.6 Å². The van der Waals surface area contributed by atoms with Gasteiger partial charge in [-0.15, -0.1) is 11.3 Å². The number of thiophene rings is 1. The Morgan fingerprint density at radius 3 is 2.76 bits per heavy atom. The highest BCUT2D eigenvalue weighted by atomic mass is 79.9. The fourth-order valence-electron chi connectivity index (χ4n) is 3.93. The Balaban J connectivity index is 2.01. The summed E-state index contributed by atoms with van der Waals surface area (Å²) in [6.45, 7) is 2.00. The number of nitriles is 1. The first-order valence-electron chi connectivity index (χ1n) is 9.01. The van der Waals surface area contributed by atoms with Crippen molar-refractivity contribution in [3.8, 4) is 6.07 Å². The molecular formula is C21H16BrCl2N3OS. The molecule has 0 fully saturated rings. The third-order valence-corrected chi connectivity index (χ3v) is 8.26. The van der Waals surface area contributed by atoms with Crippen LogP contribution in [0.2, 0.25) is 10.0 Å². The highest BCUT2D eigenvalue weighted by Crippen LogP contribution is 2.50. The predicted molar refractivity (Wildman–Crippen MR) is 121 cm³/mol. The molecule has 0 spiro atoms. The van der Waals surface area contributed by atoms with Crippen molar-refractivity contribution in [1.29, 1.82) is 5.26 Å². The number of aryl methyl sites for hydroxylation is 1. The number of Topliss-reactive ketones (excluding diaryl/α,β-unsaturated/α-hetero) is 1. The Labute approximate surface area is 191 Å². The Morgan fingerprint density at radius 1 is 1.34 bits per heavy atom. The summed E-state index contributed by atoms with van der Waals surface area (Å²) in [4.78, 5) is 16.8. The van der Waals surface area contributed by atoms with Crippen molar-refractivity contribution in [1.82, 2.24) is 0 Å². The number of carbonyl (C=O) groups excluding carboxylic acids is 1. The van der Waals surface area contributed by atoms with Crippen LogP contribution in [0, 0.1) is 18.3 Å². The van der Waals surface area contributed by atoms with Crippen LogP contribution in [0.1, 0.15) is 34.9 Å². The highest BCUT2D eigenvalue weighted by Gasteiger charge is 2.41. The van der Waals surface area contributed by atoms with Gasteiger partial charge in [-0.1, -0.05) is 29.3 Å². The predicted octanol–water partition coefficient (Wildman–Crippen LogP) is 6.43. The van der Waals surface area contributed by atoms with E-state index in [9.17, 15) is 10.1 Å². The molecule has 29 heavy (non-hydrogen) atoms. The summed E-state index contributed by atoms with van der Waals surface area (Å²) in [5.74, 6) is -0.133. The molecule has 8 heteroatoms. The number of rotatable bonds is 2. The van der Waals surface area contributed by atoms with E-state index in [1.54, 1.807) is 34.4 Å². The molecule has 0 saturated heterocycles. The van der Waals surface area contributed by atoms with Gasteiger partial charge >= 0.3 is 0 Å². The first-order chi connectivity index (χ1) is 13.8. The largest absolute Gasteiger partial charge is 0.384 e. The second-order valence-electron chi connectivity index (χ2n) is 6.94. The number of benzene rings is 1. The summed E-state index contributed by atoms with van der Waals surface area (Å²) in [7, 11) is 0. The number of halogens is 3. The first kappa shape index (κ1) is 20.5. The Bertz CT molecular complexity index is 1130. The summed E-state index contributed by atoms with van der Waals surface area (Å²) in [6.07, 6.45) is 1.85. The fourth-order valence-corrected chi connectivity index (χ4v) is 6.00. The average Bonchev–Trinajstić information content (AvgIpc) is 3.02. The van der Waals surface area contributed by atoms with Crippen molar-refractivity contribution >= 4 is 61.9 Å². The van der Waals surface area contributed by atoms with Crippen LogP contribution in [-0.2, 0) is 4.79 Å². The average molecular weight is 509 g/mol. The highest BCUT2D eigenvalue weighted by molar-refractivity contribution is 9.10. The van der Waals surface area contributed by atoms with Crippen molar-refractivity contribution in [3.63, 3.8) is 0 Å². The molecule has 1 aromatic heterocycles. The van der Waals surface area contributed by atoms with Gasteiger partial charge in [-0.25, -0.2) is 0 Å². The maximum absolute atomic E-state index is 13.1. The maximum Gasteiger partial charge on any atom is 0.161 e. The van der Waals surface area contributed by atoms with E-state index in [1.165, 1.54) is 0 Å². The van der Waals surface area contributed by atoms with Gasteiger partial charge in [-0.3, -0.25) is 9.69 Å². The monoisotopic (exact) mass is 507 g/mol. The van der Waals surface area contributed by atoms with Crippen molar-refractivity contribution in [3.05, 3.63) is 71.2 Å². The molecule has 1 aliphatic carbocycles. The van der Waals surface area contributed by atoms with E-state index in [0.717, 1.165) is 26.3 Å². The van der Waals surface area contributed by atoms with E-state index in [2.05, 4.69) is 22.0 Å². The molecule has 0 radical (unpaired) electrons. The molecule has 0 bridgehead atoms. The molecule has 4 nitrogen and oxygen atoms in total. The van der Waals surface area contributed by atoms with Crippen LogP contribution >= 0.6 is 50.5 Å². The van der Waals surface area contributed by atoms with Gasteiger partial charge in [0.2, 0.25) is 0 Å². The Hall–Kier alpha value is -1.78. The molecule has 1 unspecified atom stereocenters. The number of nitrogens with two attached hydrogens (primary N) is 1. The molecule has 2 aliphatic rings. The molecule has 1 aromatic carbocycles. The van der Waals surface area contributed by atoms with Gasteiger partial charge in [-0.2, -0.15) is 5.26 Å².